The van der Waals surface area contributed by atoms with Crippen LogP contribution >= 0.6 is 11.8 Å². The zero-order valence-corrected chi connectivity index (χ0v) is 16.1. The van der Waals surface area contributed by atoms with E-state index in [1.54, 1.807) is 18.2 Å². The Labute approximate surface area is 157 Å². The first-order valence-corrected chi connectivity index (χ1v) is 10.2. The predicted molar refractivity (Wildman–Crippen MR) is 105 cm³/mol. The molecule has 1 amide bonds. The molecule has 0 spiro atoms. The molecule has 138 valence electrons. The van der Waals surface area contributed by atoms with Gasteiger partial charge in [0.1, 0.15) is 5.75 Å². The van der Waals surface area contributed by atoms with E-state index >= 15 is 0 Å². The lowest BCUT2D eigenvalue weighted by atomic mass is 10.3. The van der Waals surface area contributed by atoms with Gasteiger partial charge in [0.15, 0.2) is 0 Å². The Morgan fingerprint density at radius 2 is 1.96 bits per heavy atom. The van der Waals surface area contributed by atoms with Crippen molar-refractivity contribution in [2.75, 3.05) is 22.9 Å². The number of methoxy groups -OCH3 is 1. The molecule has 0 aliphatic rings. The molecule has 0 saturated heterocycles. The standard InChI is InChI=1S/C18H20N2O4S2/c1-4-11-25-18-8-6-5-7-15(18)20-26(22,23)14-9-10-17(24-3)16(12-14)19-13(2)21/h4-10,12,20H,1,11H2,2-3H3,(H,19,21). The quantitative estimate of drug-likeness (QED) is 0.528. The Kier molecular flexibility index (Phi) is 6.70. The van der Waals surface area contributed by atoms with Crippen molar-refractivity contribution in [2.45, 2.75) is 16.7 Å². The molecule has 26 heavy (non-hydrogen) atoms. The van der Waals surface area contributed by atoms with Crippen LogP contribution in [0.5, 0.6) is 5.75 Å². The fourth-order valence-electron chi connectivity index (χ4n) is 2.17. The van der Waals surface area contributed by atoms with Gasteiger partial charge in [0.05, 0.1) is 23.4 Å². The van der Waals surface area contributed by atoms with Crippen LogP contribution in [0.25, 0.3) is 0 Å². The molecule has 2 rings (SSSR count). The van der Waals surface area contributed by atoms with Crippen molar-refractivity contribution in [1.82, 2.24) is 0 Å². The number of rotatable bonds is 8. The number of amides is 1. The smallest absolute Gasteiger partial charge is 0.262 e. The predicted octanol–water partition coefficient (Wildman–Crippen LogP) is 3.73. The Morgan fingerprint density at radius 3 is 2.62 bits per heavy atom. The monoisotopic (exact) mass is 392 g/mol. The number of nitrogens with one attached hydrogen (secondary N) is 2. The Morgan fingerprint density at radius 1 is 1.23 bits per heavy atom. The van der Waals surface area contributed by atoms with E-state index in [0.717, 1.165) is 4.90 Å². The Hall–Kier alpha value is -2.45. The van der Waals surface area contributed by atoms with Gasteiger partial charge in [0, 0.05) is 17.6 Å². The molecular weight excluding hydrogens is 372 g/mol. The summed E-state index contributed by atoms with van der Waals surface area (Å²) in [4.78, 5) is 12.2. The van der Waals surface area contributed by atoms with Crippen molar-refractivity contribution in [3.8, 4) is 5.75 Å². The maximum Gasteiger partial charge on any atom is 0.262 e. The summed E-state index contributed by atoms with van der Waals surface area (Å²) in [5, 5.41) is 2.57. The number of thioether (sulfide) groups is 1. The number of para-hydroxylation sites is 1. The molecule has 6 nitrogen and oxygen atoms in total. The summed E-state index contributed by atoms with van der Waals surface area (Å²) >= 11 is 1.48. The van der Waals surface area contributed by atoms with Gasteiger partial charge in [0.2, 0.25) is 5.91 Å². The third kappa shape index (κ3) is 5.03. The lowest BCUT2D eigenvalue weighted by molar-refractivity contribution is -0.114. The second kappa shape index (κ2) is 8.77. The number of benzene rings is 2. The van der Waals surface area contributed by atoms with Crippen LogP contribution in [0.1, 0.15) is 6.92 Å². The normalized spacial score (nSPS) is 10.8. The second-order valence-electron chi connectivity index (χ2n) is 5.24. The number of ether oxygens (including phenoxy) is 1. The maximum atomic E-state index is 12.8. The molecule has 0 fully saturated rings. The van der Waals surface area contributed by atoms with E-state index in [1.165, 1.54) is 44.0 Å². The minimum Gasteiger partial charge on any atom is -0.495 e. The van der Waals surface area contributed by atoms with Gasteiger partial charge in [-0.05, 0) is 30.3 Å². The second-order valence-corrected chi connectivity index (χ2v) is 7.99. The van der Waals surface area contributed by atoms with E-state index in [-0.39, 0.29) is 16.5 Å². The van der Waals surface area contributed by atoms with Gasteiger partial charge in [-0.3, -0.25) is 9.52 Å². The molecule has 8 heteroatoms. The average Bonchev–Trinajstić information content (AvgIpc) is 2.60. The summed E-state index contributed by atoms with van der Waals surface area (Å²) in [6.07, 6.45) is 1.75. The van der Waals surface area contributed by atoms with Gasteiger partial charge in [-0.15, -0.1) is 18.3 Å². The molecule has 0 radical (unpaired) electrons. The molecule has 0 bridgehead atoms. The van der Waals surface area contributed by atoms with E-state index in [9.17, 15) is 13.2 Å². The number of hydrogen-bond acceptors (Lipinski definition) is 5. The fraction of sp³-hybridized carbons (Fsp3) is 0.167. The molecule has 0 unspecified atom stereocenters. The van der Waals surface area contributed by atoms with Crippen molar-refractivity contribution >= 4 is 39.1 Å². The number of carbonyl (C=O) groups is 1. The molecule has 0 atom stereocenters. The summed E-state index contributed by atoms with van der Waals surface area (Å²) in [5.74, 6) is 0.714. The van der Waals surface area contributed by atoms with E-state index in [2.05, 4.69) is 16.6 Å². The average molecular weight is 393 g/mol. The van der Waals surface area contributed by atoms with Crippen LogP contribution in [-0.4, -0.2) is 27.2 Å². The van der Waals surface area contributed by atoms with E-state index in [0.29, 0.717) is 17.2 Å². The lowest BCUT2D eigenvalue weighted by Gasteiger charge is -2.14. The van der Waals surface area contributed by atoms with Gasteiger partial charge in [-0.1, -0.05) is 18.2 Å². The highest BCUT2D eigenvalue weighted by Gasteiger charge is 2.18. The largest absolute Gasteiger partial charge is 0.495 e. The maximum absolute atomic E-state index is 12.8. The topological polar surface area (TPSA) is 84.5 Å². The third-order valence-electron chi connectivity index (χ3n) is 3.28. The van der Waals surface area contributed by atoms with Gasteiger partial charge in [0.25, 0.3) is 10.0 Å². The first-order valence-electron chi connectivity index (χ1n) is 7.68. The summed E-state index contributed by atoms with van der Waals surface area (Å²) in [6, 6.07) is 11.4. The first-order chi connectivity index (χ1) is 12.4. The van der Waals surface area contributed by atoms with E-state index < -0.39 is 10.0 Å². The highest BCUT2D eigenvalue weighted by molar-refractivity contribution is 7.99. The van der Waals surface area contributed by atoms with Crippen LogP contribution in [0.4, 0.5) is 11.4 Å². The molecule has 0 saturated carbocycles. The summed E-state index contributed by atoms with van der Waals surface area (Å²) < 4.78 is 33.3. The first kappa shape index (κ1) is 19.9. The van der Waals surface area contributed by atoms with Crippen molar-refractivity contribution < 1.29 is 17.9 Å². The van der Waals surface area contributed by atoms with Crippen LogP contribution in [0.15, 0.2) is 64.9 Å². The summed E-state index contributed by atoms with van der Waals surface area (Å²) in [6.45, 7) is 5.01. The van der Waals surface area contributed by atoms with Crippen LogP contribution in [0.2, 0.25) is 0 Å². The lowest BCUT2D eigenvalue weighted by Crippen LogP contribution is -2.15. The zero-order valence-electron chi connectivity index (χ0n) is 14.5. The number of carbonyl (C=O) groups excluding carboxylic acids is 1. The van der Waals surface area contributed by atoms with E-state index in [4.69, 9.17) is 4.74 Å². The van der Waals surface area contributed by atoms with Crippen molar-refractivity contribution in [3.05, 3.63) is 55.1 Å². The molecule has 0 aliphatic carbocycles. The number of sulfonamides is 1. The fourth-order valence-corrected chi connectivity index (χ4v) is 4.09. The van der Waals surface area contributed by atoms with E-state index in [1.807, 2.05) is 12.1 Å². The Balaban J connectivity index is 2.36. The molecule has 2 aromatic carbocycles. The van der Waals surface area contributed by atoms with Crippen LogP contribution in [-0.2, 0) is 14.8 Å². The van der Waals surface area contributed by atoms with Gasteiger partial charge in [-0.2, -0.15) is 0 Å². The van der Waals surface area contributed by atoms with Gasteiger partial charge >= 0.3 is 0 Å². The van der Waals surface area contributed by atoms with Crippen LogP contribution in [0, 0.1) is 0 Å². The van der Waals surface area contributed by atoms with Gasteiger partial charge in [-0.25, -0.2) is 8.42 Å². The molecule has 0 heterocycles. The zero-order chi connectivity index (χ0) is 19.2. The molecule has 0 aliphatic heterocycles. The number of hydrogen-bond donors (Lipinski definition) is 2. The minimum absolute atomic E-state index is 0.0190. The number of anilines is 2. The molecule has 2 aromatic rings. The summed E-state index contributed by atoms with van der Waals surface area (Å²) in [5.41, 5.74) is 0.772. The SMILES string of the molecule is C=CCSc1ccccc1NS(=O)(=O)c1ccc(OC)c(NC(C)=O)c1. The highest BCUT2D eigenvalue weighted by atomic mass is 32.2. The minimum atomic E-state index is -3.84. The highest BCUT2D eigenvalue weighted by Crippen LogP contribution is 2.31. The van der Waals surface area contributed by atoms with Crippen LogP contribution < -0.4 is 14.8 Å². The van der Waals surface area contributed by atoms with Crippen LogP contribution in [0.3, 0.4) is 0 Å². The van der Waals surface area contributed by atoms with Crippen molar-refractivity contribution in [2.24, 2.45) is 0 Å². The van der Waals surface area contributed by atoms with Crippen molar-refractivity contribution in [3.63, 3.8) is 0 Å². The van der Waals surface area contributed by atoms with Gasteiger partial charge < -0.3 is 10.1 Å². The molecule has 2 N–H and O–H groups in total. The van der Waals surface area contributed by atoms with Crippen molar-refractivity contribution in [1.29, 1.82) is 0 Å². The summed E-state index contributed by atoms with van der Waals surface area (Å²) in [7, 11) is -2.40. The molecule has 0 aromatic heterocycles. The Bertz CT molecular complexity index is 911. The molecular formula is C18H20N2O4S2. The third-order valence-corrected chi connectivity index (χ3v) is 5.71.